The molecule has 2 rings (SSSR count). The Hall–Kier alpha value is -2.86. The van der Waals surface area contributed by atoms with E-state index in [0.29, 0.717) is 12.3 Å². The molecule has 1 unspecified atom stereocenters. The van der Waals surface area contributed by atoms with Gasteiger partial charge in [-0.3, -0.25) is 9.59 Å². The molecule has 2 aromatic carbocycles. The van der Waals surface area contributed by atoms with Crippen LogP contribution in [0.5, 0.6) is 5.75 Å². The summed E-state index contributed by atoms with van der Waals surface area (Å²) in [6.07, 6.45) is 0. The van der Waals surface area contributed by atoms with Crippen LogP contribution in [0.25, 0.3) is 0 Å². The van der Waals surface area contributed by atoms with Gasteiger partial charge < -0.3 is 20.7 Å². The van der Waals surface area contributed by atoms with Gasteiger partial charge in [0.15, 0.2) is 6.61 Å². The van der Waals surface area contributed by atoms with E-state index in [9.17, 15) is 9.59 Å². The zero-order chi connectivity index (χ0) is 19.1. The first-order valence-corrected chi connectivity index (χ1v) is 8.38. The van der Waals surface area contributed by atoms with E-state index in [1.807, 2.05) is 43.3 Å². The first-order valence-electron chi connectivity index (χ1n) is 8.38. The van der Waals surface area contributed by atoms with Gasteiger partial charge in [0.25, 0.3) is 5.91 Å². The van der Waals surface area contributed by atoms with Crippen molar-refractivity contribution >= 4 is 11.8 Å². The Balaban J connectivity index is 1.90. The number of nitrogens with two attached hydrogens (primary N) is 1. The fourth-order valence-electron chi connectivity index (χ4n) is 2.24. The van der Waals surface area contributed by atoms with Crippen molar-refractivity contribution in [3.63, 3.8) is 0 Å². The van der Waals surface area contributed by atoms with Crippen LogP contribution in [-0.2, 0) is 16.1 Å². The summed E-state index contributed by atoms with van der Waals surface area (Å²) in [4.78, 5) is 25.3. The number of benzene rings is 2. The lowest BCUT2D eigenvalue weighted by Gasteiger charge is -2.14. The molecule has 0 aliphatic heterocycles. The summed E-state index contributed by atoms with van der Waals surface area (Å²) < 4.78 is 5.48. The van der Waals surface area contributed by atoms with Crippen LogP contribution in [0.3, 0.4) is 0 Å². The third kappa shape index (κ3) is 5.60. The van der Waals surface area contributed by atoms with Crippen LogP contribution in [0.2, 0.25) is 0 Å². The lowest BCUT2D eigenvalue weighted by molar-refractivity contribution is -0.130. The molecular formula is C20H25N3O3. The molecule has 6 heteroatoms. The van der Waals surface area contributed by atoms with Gasteiger partial charge in [0.05, 0.1) is 0 Å². The molecule has 1 atom stereocenters. The number of carbonyl (C=O) groups is 2. The van der Waals surface area contributed by atoms with Gasteiger partial charge in [-0.25, -0.2) is 0 Å². The molecule has 0 aliphatic rings. The number of ether oxygens (including phenoxy) is 1. The van der Waals surface area contributed by atoms with Crippen LogP contribution >= 0.6 is 0 Å². The first-order chi connectivity index (χ1) is 12.4. The predicted octanol–water partition coefficient (Wildman–Crippen LogP) is 1.78. The van der Waals surface area contributed by atoms with Gasteiger partial charge in [-0.2, -0.15) is 0 Å². The Bertz CT molecular complexity index is 757. The maximum absolute atomic E-state index is 12.3. The number of aryl methyl sites for hydroxylation is 1. The summed E-state index contributed by atoms with van der Waals surface area (Å²) in [5.74, 6) is 0.213. The first kappa shape index (κ1) is 19.5. The fraction of sp³-hybridized carbons (Fsp3) is 0.300. The molecule has 0 aromatic heterocycles. The Morgan fingerprint density at radius 2 is 1.85 bits per heavy atom. The van der Waals surface area contributed by atoms with E-state index in [1.165, 1.54) is 4.90 Å². The molecule has 3 N–H and O–H groups in total. The molecule has 26 heavy (non-hydrogen) atoms. The number of likely N-dealkylation sites (N-methyl/N-ethyl adjacent to an activating group) is 1. The molecule has 0 radical (unpaired) electrons. The van der Waals surface area contributed by atoms with Crippen molar-refractivity contribution in [1.29, 1.82) is 0 Å². The number of hydrogen-bond acceptors (Lipinski definition) is 4. The van der Waals surface area contributed by atoms with Crippen LogP contribution in [0.4, 0.5) is 0 Å². The predicted molar refractivity (Wildman–Crippen MR) is 101 cm³/mol. The van der Waals surface area contributed by atoms with E-state index in [-0.39, 0.29) is 18.4 Å². The third-order valence-corrected chi connectivity index (χ3v) is 3.95. The standard InChI is InChI=1S/C20H25N3O3/c1-14-7-9-16(10-8-14)19(21)20(25)22-12-15-5-4-6-17(11-15)26-13-18(24)23(2)3/h4-11,19H,12-13,21H2,1-3H3,(H,22,25). The van der Waals surface area contributed by atoms with Crippen molar-refractivity contribution in [3.05, 3.63) is 65.2 Å². The summed E-state index contributed by atoms with van der Waals surface area (Å²) in [6.45, 7) is 2.29. The molecule has 138 valence electrons. The topological polar surface area (TPSA) is 84.7 Å². The molecule has 0 saturated carbocycles. The van der Waals surface area contributed by atoms with Gasteiger partial charge in [-0.15, -0.1) is 0 Å². The highest BCUT2D eigenvalue weighted by molar-refractivity contribution is 5.82. The van der Waals surface area contributed by atoms with E-state index in [4.69, 9.17) is 10.5 Å². The summed E-state index contributed by atoms with van der Waals surface area (Å²) in [6, 6.07) is 14.1. The van der Waals surface area contributed by atoms with E-state index in [0.717, 1.165) is 16.7 Å². The second-order valence-electron chi connectivity index (χ2n) is 6.33. The minimum atomic E-state index is -0.715. The van der Waals surface area contributed by atoms with Crippen molar-refractivity contribution in [1.82, 2.24) is 10.2 Å². The summed E-state index contributed by atoms with van der Waals surface area (Å²) in [5, 5.41) is 2.83. The van der Waals surface area contributed by atoms with Gasteiger partial charge in [0, 0.05) is 20.6 Å². The van der Waals surface area contributed by atoms with E-state index < -0.39 is 6.04 Å². The van der Waals surface area contributed by atoms with Crippen LogP contribution < -0.4 is 15.8 Å². The normalized spacial score (nSPS) is 11.5. The van der Waals surface area contributed by atoms with Crippen LogP contribution in [0, 0.1) is 6.92 Å². The molecule has 2 amide bonds. The minimum absolute atomic E-state index is 0.0267. The van der Waals surface area contributed by atoms with Crippen molar-refractivity contribution in [3.8, 4) is 5.75 Å². The maximum atomic E-state index is 12.3. The van der Waals surface area contributed by atoms with Crippen molar-refractivity contribution < 1.29 is 14.3 Å². The van der Waals surface area contributed by atoms with Crippen LogP contribution in [0.1, 0.15) is 22.7 Å². The van der Waals surface area contributed by atoms with Gasteiger partial charge in [0.1, 0.15) is 11.8 Å². The SMILES string of the molecule is Cc1ccc(C(N)C(=O)NCc2cccc(OCC(=O)N(C)C)c2)cc1. The average molecular weight is 355 g/mol. The second-order valence-corrected chi connectivity index (χ2v) is 6.33. The highest BCUT2D eigenvalue weighted by atomic mass is 16.5. The lowest BCUT2D eigenvalue weighted by atomic mass is 10.1. The van der Waals surface area contributed by atoms with Gasteiger partial charge in [-0.1, -0.05) is 42.0 Å². The van der Waals surface area contributed by atoms with Crippen molar-refractivity contribution in [2.45, 2.75) is 19.5 Å². The molecule has 0 heterocycles. The minimum Gasteiger partial charge on any atom is -0.484 e. The Labute approximate surface area is 153 Å². The van der Waals surface area contributed by atoms with Gasteiger partial charge in [-0.05, 0) is 30.2 Å². The van der Waals surface area contributed by atoms with Crippen LogP contribution in [-0.4, -0.2) is 37.4 Å². The molecular weight excluding hydrogens is 330 g/mol. The van der Waals surface area contributed by atoms with E-state index in [2.05, 4.69) is 5.32 Å². The number of carbonyl (C=O) groups excluding carboxylic acids is 2. The highest BCUT2D eigenvalue weighted by Gasteiger charge is 2.15. The zero-order valence-corrected chi connectivity index (χ0v) is 15.4. The van der Waals surface area contributed by atoms with Crippen molar-refractivity contribution in [2.75, 3.05) is 20.7 Å². The van der Waals surface area contributed by atoms with E-state index >= 15 is 0 Å². The molecule has 0 spiro atoms. The monoisotopic (exact) mass is 355 g/mol. The molecule has 2 aromatic rings. The molecule has 0 aliphatic carbocycles. The lowest BCUT2D eigenvalue weighted by Crippen LogP contribution is -2.33. The van der Waals surface area contributed by atoms with Crippen molar-refractivity contribution in [2.24, 2.45) is 5.73 Å². The summed E-state index contributed by atoms with van der Waals surface area (Å²) in [7, 11) is 3.35. The number of hydrogen-bond donors (Lipinski definition) is 2. The Morgan fingerprint density at radius 1 is 1.15 bits per heavy atom. The molecule has 0 fully saturated rings. The third-order valence-electron chi connectivity index (χ3n) is 3.95. The quantitative estimate of drug-likeness (QED) is 0.793. The number of rotatable bonds is 7. The summed E-state index contributed by atoms with van der Waals surface area (Å²) in [5.41, 5.74) is 8.77. The second kappa shape index (κ2) is 9.01. The number of amides is 2. The number of nitrogens with zero attached hydrogens (tertiary/aromatic N) is 1. The smallest absolute Gasteiger partial charge is 0.259 e. The fourth-order valence-corrected chi connectivity index (χ4v) is 2.24. The van der Waals surface area contributed by atoms with Gasteiger partial charge in [0.2, 0.25) is 5.91 Å². The molecule has 0 bridgehead atoms. The molecule has 6 nitrogen and oxygen atoms in total. The highest BCUT2D eigenvalue weighted by Crippen LogP contribution is 2.15. The van der Waals surface area contributed by atoms with Crippen LogP contribution in [0.15, 0.2) is 48.5 Å². The van der Waals surface area contributed by atoms with Gasteiger partial charge >= 0.3 is 0 Å². The summed E-state index contributed by atoms with van der Waals surface area (Å²) >= 11 is 0. The Morgan fingerprint density at radius 3 is 2.50 bits per heavy atom. The average Bonchev–Trinajstić information content (AvgIpc) is 2.64. The zero-order valence-electron chi connectivity index (χ0n) is 15.4. The maximum Gasteiger partial charge on any atom is 0.259 e. The Kier molecular flexibility index (Phi) is 6.74. The largest absolute Gasteiger partial charge is 0.484 e. The number of nitrogens with one attached hydrogen (secondary N) is 1. The van der Waals surface area contributed by atoms with E-state index in [1.54, 1.807) is 26.2 Å². The molecule has 0 saturated heterocycles.